The zero-order valence-corrected chi connectivity index (χ0v) is 11.3. The second kappa shape index (κ2) is 6.55. The normalized spacial score (nSPS) is 11.5. The predicted octanol–water partition coefficient (Wildman–Crippen LogP) is 1.08. The van der Waals surface area contributed by atoms with Gasteiger partial charge >= 0.3 is 12.0 Å². The van der Waals surface area contributed by atoms with Gasteiger partial charge in [0.15, 0.2) is 0 Å². The molecule has 1 aromatic rings. The first-order valence-corrected chi connectivity index (χ1v) is 5.99. The standard InChI is InChI=1S/C13H17N3O4/c1-7-3-4-9(6-10(7)12(18)19)16-13(20)15-8(2)5-11(14)17/h3-4,6,8H,5H2,1-2H3,(H2,14,17)(H,18,19)(H2,15,16,20). The molecule has 0 saturated carbocycles. The molecule has 0 aliphatic rings. The van der Waals surface area contributed by atoms with E-state index in [1.807, 2.05) is 0 Å². The van der Waals surface area contributed by atoms with Crippen LogP contribution in [0.15, 0.2) is 18.2 Å². The van der Waals surface area contributed by atoms with Crippen molar-refractivity contribution in [1.29, 1.82) is 0 Å². The van der Waals surface area contributed by atoms with Crippen LogP contribution in [0.2, 0.25) is 0 Å². The lowest BCUT2D eigenvalue weighted by atomic mass is 10.1. The van der Waals surface area contributed by atoms with Crippen molar-refractivity contribution in [1.82, 2.24) is 5.32 Å². The minimum atomic E-state index is -1.06. The lowest BCUT2D eigenvalue weighted by Crippen LogP contribution is -2.38. The predicted molar refractivity (Wildman–Crippen MR) is 73.6 cm³/mol. The highest BCUT2D eigenvalue weighted by molar-refractivity contribution is 5.94. The number of amides is 3. The van der Waals surface area contributed by atoms with Crippen molar-refractivity contribution in [2.24, 2.45) is 5.73 Å². The Bertz CT molecular complexity index is 542. The summed E-state index contributed by atoms with van der Waals surface area (Å²) in [5.41, 5.74) is 6.09. The van der Waals surface area contributed by atoms with Crippen LogP contribution >= 0.6 is 0 Å². The summed E-state index contributed by atoms with van der Waals surface area (Å²) in [4.78, 5) is 33.3. The van der Waals surface area contributed by atoms with Gasteiger partial charge in [-0.15, -0.1) is 0 Å². The van der Waals surface area contributed by atoms with Gasteiger partial charge < -0.3 is 21.5 Å². The molecule has 0 saturated heterocycles. The number of carboxylic acids is 1. The van der Waals surface area contributed by atoms with Gasteiger partial charge in [0.05, 0.1) is 5.56 Å². The quantitative estimate of drug-likeness (QED) is 0.644. The number of carbonyl (C=O) groups is 3. The lowest BCUT2D eigenvalue weighted by molar-refractivity contribution is -0.118. The van der Waals surface area contributed by atoms with E-state index in [1.54, 1.807) is 26.0 Å². The number of nitrogens with one attached hydrogen (secondary N) is 2. The maximum absolute atomic E-state index is 11.6. The fraction of sp³-hybridized carbons (Fsp3) is 0.308. The number of rotatable bonds is 5. The zero-order chi connectivity index (χ0) is 15.3. The van der Waals surface area contributed by atoms with Crippen LogP contribution < -0.4 is 16.4 Å². The fourth-order valence-electron chi connectivity index (χ4n) is 1.67. The third-order valence-corrected chi connectivity index (χ3v) is 2.61. The molecule has 1 aromatic carbocycles. The second-order valence-electron chi connectivity index (χ2n) is 4.50. The van der Waals surface area contributed by atoms with Crippen molar-refractivity contribution in [2.75, 3.05) is 5.32 Å². The third kappa shape index (κ3) is 4.60. The molecule has 1 rings (SSSR count). The Kier molecular flexibility index (Phi) is 5.08. The van der Waals surface area contributed by atoms with E-state index in [2.05, 4.69) is 10.6 Å². The number of nitrogens with two attached hydrogens (primary N) is 1. The summed E-state index contributed by atoms with van der Waals surface area (Å²) in [6.07, 6.45) is 0.0295. The van der Waals surface area contributed by atoms with Crippen molar-refractivity contribution < 1.29 is 19.5 Å². The van der Waals surface area contributed by atoms with E-state index in [1.165, 1.54) is 6.07 Å². The second-order valence-corrected chi connectivity index (χ2v) is 4.50. The Hall–Kier alpha value is -2.57. The highest BCUT2D eigenvalue weighted by Gasteiger charge is 2.12. The number of anilines is 1. The molecular formula is C13H17N3O4. The number of carboxylic acid groups (broad SMARTS) is 1. The van der Waals surface area contributed by atoms with Gasteiger partial charge in [0.1, 0.15) is 0 Å². The number of hydrogen-bond acceptors (Lipinski definition) is 3. The maximum atomic E-state index is 11.6. The summed E-state index contributed by atoms with van der Waals surface area (Å²) in [7, 11) is 0. The average molecular weight is 279 g/mol. The van der Waals surface area contributed by atoms with E-state index in [9.17, 15) is 14.4 Å². The van der Waals surface area contributed by atoms with Crippen LogP contribution in [0.4, 0.5) is 10.5 Å². The van der Waals surface area contributed by atoms with Crippen LogP contribution in [0.5, 0.6) is 0 Å². The summed E-state index contributed by atoms with van der Waals surface area (Å²) in [6, 6.07) is 3.64. The SMILES string of the molecule is Cc1ccc(NC(=O)NC(C)CC(N)=O)cc1C(=O)O. The van der Waals surface area contributed by atoms with Crippen LogP contribution in [0, 0.1) is 6.92 Å². The Morgan fingerprint density at radius 1 is 1.35 bits per heavy atom. The van der Waals surface area contributed by atoms with E-state index < -0.39 is 23.9 Å². The topological polar surface area (TPSA) is 122 Å². The van der Waals surface area contributed by atoms with Crippen molar-refractivity contribution in [3.63, 3.8) is 0 Å². The molecule has 0 radical (unpaired) electrons. The molecule has 20 heavy (non-hydrogen) atoms. The van der Waals surface area contributed by atoms with E-state index in [4.69, 9.17) is 10.8 Å². The monoisotopic (exact) mass is 279 g/mol. The molecule has 0 aromatic heterocycles. The van der Waals surface area contributed by atoms with Crippen LogP contribution in [0.1, 0.15) is 29.3 Å². The first-order valence-electron chi connectivity index (χ1n) is 5.99. The number of aryl methyl sites for hydroxylation is 1. The van der Waals surface area contributed by atoms with Gasteiger partial charge in [-0.05, 0) is 31.5 Å². The minimum Gasteiger partial charge on any atom is -0.478 e. The minimum absolute atomic E-state index is 0.0295. The van der Waals surface area contributed by atoms with E-state index >= 15 is 0 Å². The van der Waals surface area contributed by atoms with Gasteiger partial charge in [-0.3, -0.25) is 4.79 Å². The number of primary amides is 1. The van der Waals surface area contributed by atoms with Crippen LogP contribution in [0.25, 0.3) is 0 Å². The van der Waals surface area contributed by atoms with Gasteiger partial charge in [0.2, 0.25) is 5.91 Å². The highest BCUT2D eigenvalue weighted by atomic mass is 16.4. The van der Waals surface area contributed by atoms with Crippen molar-refractivity contribution in [2.45, 2.75) is 26.3 Å². The molecular weight excluding hydrogens is 262 g/mol. The Morgan fingerprint density at radius 3 is 2.55 bits per heavy atom. The molecule has 0 bridgehead atoms. The maximum Gasteiger partial charge on any atom is 0.336 e. The largest absolute Gasteiger partial charge is 0.478 e. The van der Waals surface area contributed by atoms with Gasteiger partial charge in [0.25, 0.3) is 0 Å². The van der Waals surface area contributed by atoms with E-state index in [0.29, 0.717) is 11.3 Å². The molecule has 0 spiro atoms. The summed E-state index contributed by atoms with van der Waals surface area (Å²) >= 11 is 0. The van der Waals surface area contributed by atoms with Gasteiger partial charge in [-0.1, -0.05) is 6.07 Å². The average Bonchev–Trinajstić information content (AvgIpc) is 2.29. The van der Waals surface area contributed by atoms with E-state index in [0.717, 1.165) is 0 Å². The fourth-order valence-corrected chi connectivity index (χ4v) is 1.67. The third-order valence-electron chi connectivity index (χ3n) is 2.61. The Labute approximate surface area is 116 Å². The molecule has 0 heterocycles. The molecule has 7 heteroatoms. The Balaban J connectivity index is 2.69. The van der Waals surface area contributed by atoms with Crippen molar-refractivity contribution in [3.8, 4) is 0 Å². The molecule has 0 aliphatic carbocycles. The van der Waals surface area contributed by atoms with Crippen LogP contribution in [0.3, 0.4) is 0 Å². The van der Waals surface area contributed by atoms with Gasteiger partial charge in [-0.25, -0.2) is 9.59 Å². The first kappa shape index (κ1) is 15.5. The lowest BCUT2D eigenvalue weighted by Gasteiger charge is -2.13. The smallest absolute Gasteiger partial charge is 0.336 e. The molecule has 5 N–H and O–H groups in total. The highest BCUT2D eigenvalue weighted by Crippen LogP contribution is 2.15. The summed E-state index contributed by atoms with van der Waals surface area (Å²) in [5.74, 6) is -1.57. The molecule has 108 valence electrons. The molecule has 7 nitrogen and oxygen atoms in total. The van der Waals surface area contributed by atoms with Crippen LogP contribution in [-0.2, 0) is 4.79 Å². The van der Waals surface area contributed by atoms with Crippen molar-refractivity contribution in [3.05, 3.63) is 29.3 Å². The van der Waals surface area contributed by atoms with Crippen LogP contribution in [-0.4, -0.2) is 29.1 Å². The zero-order valence-electron chi connectivity index (χ0n) is 11.3. The number of urea groups is 1. The number of aromatic carboxylic acids is 1. The van der Waals surface area contributed by atoms with Gasteiger partial charge in [-0.2, -0.15) is 0 Å². The van der Waals surface area contributed by atoms with E-state index in [-0.39, 0.29) is 12.0 Å². The summed E-state index contributed by atoms with van der Waals surface area (Å²) < 4.78 is 0. The first-order chi connectivity index (χ1) is 9.29. The summed E-state index contributed by atoms with van der Waals surface area (Å²) in [5, 5.41) is 14.0. The molecule has 0 aliphatic heterocycles. The molecule has 1 atom stereocenters. The molecule has 0 fully saturated rings. The molecule has 1 unspecified atom stereocenters. The number of carbonyl (C=O) groups excluding carboxylic acids is 2. The number of hydrogen-bond donors (Lipinski definition) is 4. The number of benzene rings is 1. The van der Waals surface area contributed by atoms with Crippen molar-refractivity contribution >= 4 is 23.6 Å². The summed E-state index contributed by atoms with van der Waals surface area (Å²) in [6.45, 7) is 3.31. The molecule has 3 amide bonds. The van der Waals surface area contributed by atoms with Gasteiger partial charge in [0, 0.05) is 18.2 Å². The Morgan fingerprint density at radius 2 is 2.00 bits per heavy atom.